The predicted molar refractivity (Wildman–Crippen MR) is 128 cm³/mol. The van der Waals surface area contributed by atoms with Crippen LogP contribution in [-0.2, 0) is 14.4 Å². The van der Waals surface area contributed by atoms with E-state index in [1.54, 1.807) is 49.4 Å². The highest BCUT2D eigenvalue weighted by Gasteiger charge is 2.34. The van der Waals surface area contributed by atoms with Crippen LogP contribution in [0.2, 0.25) is 0 Å². The Morgan fingerprint density at radius 1 is 1.00 bits per heavy atom. The summed E-state index contributed by atoms with van der Waals surface area (Å²) in [7, 11) is 0. The molecule has 0 atom stereocenters. The van der Waals surface area contributed by atoms with Gasteiger partial charge >= 0.3 is 0 Å². The first-order valence-electron chi connectivity index (χ1n) is 10.8. The van der Waals surface area contributed by atoms with Crippen LogP contribution < -0.4 is 25.2 Å². The standard InChI is InChI=1S/C26H22FN3O5/c1-2-34-23-15-17(14-21-25(32)29-30(26(21)33)20-6-4-3-5-7-20)8-13-22(23)35-16-24(31)28-19-11-9-18(27)10-12-19/h3-15H,2,16H2,1H3,(H,28,31)(H,29,32). The number of anilines is 2. The normalized spacial score (nSPS) is 14.1. The summed E-state index contributed by atoms with van der Waals surface area (Å²) < 4.78 is 24.2. The van der Waals surface area contributed by atoms with Gasteiger partial charge in [-0.05, 0) is 67.1 Å². The summed E-state index contributed by atoms with van der Waals surface area (Å²) in [4.78, 5) is 37.4. The van der Waals surface area contributed by atoms with Gasteiger partial charge < -0.3 is 14.8 Å². The molecule has 178 valence electrons. The lowest BCUT2D eigenvalue weighted by molar-refractivity contribution is -0.118. The number of rotatable bonds is 8. The van der Waals surface area contributed by atoms with Crippen LogP contribution in [0.15, 0.2) is 78.4 Å². The fourth-order valence-corrected chi connectivity index (χ4v) is 3.36. The molecule has 3 aromatic rings. The quantitative estimate of drug-likeness (QED) is 0.383. The van der Waals surface area contributed by atoms with E-state index in [0.29, 0.717) is 35.0 Å². The van der Waals surface area contributed by atoms with Crippen molar-refractivity contribution in [3.8, 4) is 11.5 Å². The SMILES string of the molecule is CCOc1cc(C=C2C(=O)NN(c3ccccc3)C2=O)ccc1OCC(=O)Nc1ccc(F)cc1. The first-order valence-corrected chi connectivity index (χ1v) is 10.8. The molecular formula is C26H22FN3O5. The maximum atomic E-state index is 13.0. The lowest BCUT2D eigenvalue weighted by Crippen LogP contribution is -2.35. The summed E-state index contributed by atoms with van der Waals surface area (Å²) in [5.74, 6) is -1.16. The van der Waals surface area contributed by atoms with Crippen molar-refractivity contribution in [2.75, 3.05) is 23.5 Å². The van der Waals surface area contributed by atoms with Crippen molar-refractivity contribution in [3.05, 3.63) is 89.8 Å². The van der Waals surface area contributed by atoms with Crippen molar-refractivity contribution < 1.29 is 28.2 Å². The van der Waals surface area contributed by atoms with Crippen molar-refractivity contribution in [2.45, 2.75) is 6.92 Å². The minimum atomic E-state index is -0.519. The van der Waals surface area contributed by atoms with Gasteiger partial charge in [0.15, 0.2) is 18.1 Å². The van der Waals surface area contributed by atoms with Gasteiger partial charge in [-0.1, -0.05) is 24.3 Å². The Labute approximate surface area is 200 Å². The van der Waals surface area contributed by atoms with Crippen LogP contribution in [0.5, 0.6) is 11.5 Å². The van der Waals surface area contributed by atoms with Crippen LogP contribution >= 0.6 is 0 Å². The molecule has 1 fully saturated rings. The zero-order chi connectivity index (χ0) is 24.8. The van der Waals surface area contributed by atoms with E-state index in [4.69, 9.17) is 9.47 Å². The Morgan fingerprint density at radius 3 is 2.46 bits per heavy atom. The lowest BCUT2D eigenvalue weighted by atomic mass is 10.1. The number of hydrazine groups is 1. The molecule has 1 heterocycles. The van der Waals surface area contributed by atoms with Crippen molar-refractivity contribution in [1.82, 2.24) is 5.43 Å². The smallest absolute Gasteiger partial charge is 0.282 e. The Kier molecular flexibility index (Phi) is 7.06. The van der Waals surface area contributed by atoms with E-state index in [0.717, 1.165) is 0 Å². The summed E-state index contributed by atoms with van der Waals surface area (Å²) in [6.45, 7) is 1.83. The third kappa shape index (κ3) is 5.64. The number of amides is 3. The van der Waals surface area contributed by atoms with Crippen LogP contribution in [-0.4, -0.2) is 30.9 Å². The Balaban J connectivity index is 1.47. The highest BCUT2D eigenvalue weighted by atomic mass is 19.1. The molecular weight excluding hydrogens is 453 g/mol. The van der Waals surface area contributed by atoms with E-state index < -0.39 is 23.5 Å². The number of carbonyl (C=O) groups excluding carboxylic acids is 3. The van der Waals surface area contributed by atoms with Gasteiger partial charge in [0.2, 0.25) is 0 Å². The second-order valence-corrected chi connectivity index (χ2v) is 7.46. The summed E-state index contributed by atoms with van der Waals surface area (Å²) in [6.07, 6.45) is 1.47. The van der Waals surface area contributed by atoms with Crippen molar-refractivity contribution in [2.24, 2.45) is 0 Å². The predicted octanol–water partition coefficient (Wildman–Crippen LogP) is 3.70. The number of hydrogen-bond donors (Lipinski definition) is 2. The van der Waals surface area contributed by atoms with Gasteiger partial charge in [-0.25, -0.2) is 9.40 Å². The molecule has 35 heavy (non-hydrogen) atoms. The zero-order valence-corrected chi connectivity index (χ0v) is 18.8. The molecule has 9 heteroatoms. The molecule has 0 unspecified atom stereocenters. The van der Waals surface area contributed by atoms with Gasteiger partial charge in [0, 0.05) is 5.69 Å². The molecule has 0 aliphatic carbocycles. The lowest BCUT2D eigenvalue weighted by Gasteiger charge is -2.14. The van der Waals surface area contributed by atoms with E-state index in [1.807, 2.05) is 6.07 Å². The molecule has 0 aromatic heterocycles. The number of nitrogens with zero attached hydrogens (tertiary/aromatic N) is 1. The molecule has 0 radical (unpaired) electrons. The van der Waals surface area contributed by atoms with Crippen LogP contribution in [0, 0.1) is 5.82 Å². The second-order valence-electron chi connectivity index (χ2n) is 7.46. The molecule has 1 aliphatic heterocycles. The van der Waals surface area contributed by atoms with E-state index in [1.165, 1.54) is 35.4 Å². The number of para-hydroxylation sites is 1. The first kappa shape index (κ1) is 23.5. The average molecular weight is 475 g/mol. The minimum Gasteiger partial charge on any atom is -0.490 e. The topological polar surface area (TPSA) is 97.0 Å². The zero-order valence-electron chi connectivity index (χ0n) is 18.8. The summed E-state index contributed by atoms with van der Waals surface area (Å²) in [5, 5.41) is 3.80. The molecule has 8 nitrogen and oxygen atoms in total. The maximum absolute atomic E-state index is 13.0. The summed E-state index contributed by atoms with van der Waals surface area (Å²) >= 11 is 0. The third-order valence-corrected chi connectivity index (χ3v) is 4.97. The van der Waals surface area contributed by atoms with E-state index in [9.17, 15) is 18.8 Å². The molecule has 4 rings (SSSR count). The number of ether oxygens (including phenoxy) is 2. The summed E-state index contributed by atoms with van der Waals surface area (Å²) in [6, 6.07) is 19.0. The van der Waals surface area contributed by atoms with Gasteiger partial charge in [0.05, 0.1) is 12.3 Å². The monoisotopic (exact) mass is 475 g/mol. The van der Waals surface area contributed by atoms with Crippen LogP contribution in [0.1, 0.15) is 12.5 Å². The molecule has 3 aromatic carbocycles. The number of nitrogens with one attached hydrogen (secondary N) is 2. The fourth-order valence-electron chi connectivity index (χ4n) is 3.36. The third-order valence-electron chi connectivity index (χ3n) is 4.97. The summed E-state index contributed by atoms with van der Waals surface area (Å²) in [5.41, 5.74) is 4.06. The highest BCUT2D eigenvalue weighted by molar-refractivity contribution is 6.31. The van der Waals surface area contributed by atoms with Gasteiger partial charge in [-0.15, -0.1) is 0 Å². The van der Waals surface area contributed by atoms with Gasteiger partial charge in [0.1, 0.15) is 11.4 Å². The number of benzene rings is 3. The van der Waals surface area contributed by atoms with E-state index >= 15 is 0 Å². The van der Waals surface area contributed by atoms with Gasteiger partial charge in [0.25, 0.3) is 17.7 Å². The van der Waals surface area contributed by atoms with Crippen LogP contribution in [0.3, 0.4) is 0 Å². The maximum Gasteiger partial charge on any atom is 0.282 e. The van der Waals surface area contributed by atoms with Crippen molar-refractivity contribution in [3.63, 3.8) is 0 Å². The number of halogens is 1. The van der Waals surface area contributed by atoms with Crippen molar-refractivity contribution in [1.29, 1.82) is 0 Å². The van der Waals surface area contributed by atoms with E-state index in [-0.39, 0.29) is 12.2 Å². The molecule has 0 saturated carbocycles. The average Bonchev–Trinajstić information content (AvgIpc) is 3.14. The van der Waals surface area contributed by atoms with E-state index in [2.05, 4.69) is 10.7 Å². The highest BCUT2D eigenvalue weighted by Crippen LogP contribution is 2.30. The molecule has 3 amide bonds. The first-order chi connectivity index (χ1) is 16.9. The molecule has 2 N–H and O–H groups in total. The number of hydrogen-bond acceptors (Lipinski definition) is 5. The minimum absolute atomic E-state index is 0.0244. The van der Waals surface area contributed by atoms with Gasteiger partial charge in [-0.3, -0.25) is 19.8 Å². The number of carbonyl (C=O) groups is 3. The fraction of sp³-hybridized carbons (Fsp3) is 0.115. The molecule has 0 spiro atoms. The van der Waals surface area contributed by atoms with Gasteiger partial charge in [-0.2, -0.15) is 0 Å². The molecule has 0 bridgehead atoms. The van der Waals surface area contributed by atoms with Crippen LogP contribution in [0.25, 0.3) is 6.08 Å². The molecule has 1 saturated heterocycles. The Morgan fingerprint density at radius 2 is 1.74 bits per heavy atom. The van der Waals surface area contributed by atoms with Crippen molar-refractivity contribution >= 4 is 35.2 Å². The Bertz CT molecular complexity index is 1280. The van der Waals surface area contributed by atoms with Crippen LogP contribution in [0.4, 0.5) is 15.8 Å². The second kappa shape index (κ2) is 10.5. The molecule has 1 aliphatic rings. The Hall–Kier alpha value is -4.66. The largest absolute Gasteiger partial charge is 0.490 e.